The van der Waals surface area contributed by atoms with Gasteiger partial charge in [-0.1, -0.05) is 45.0 Å². The third kappa shape index (κ3) is 1.70. The van der Waals surface area contributed by atoms with Crippen LogP contribution in [0.1, 0.15) is 20.8 Å². The molecule has 0 unspecified atom stereocenters. The van der Waals surface area contributed by atoms with Crippen LogP contribution in [0.15, 0.2) is 36.4 Å². The van der Waals surface area contributed by atoms with E-state index in [2.05, 4.69) is 81.1 Å². The van der Waals surface area contributed by atoms with Crippen LogP contribution < -0.4 is 9.80 Å². The van der Waals surface area contributed by atoms with Crippen LogP contribution >= 0.6 is 0 Å². The Bertz CT molecular complexity index is 580. The highest BCUT2D eigenvalue weighted by Crippen LogP contribution is 2.44. The Hall–Kier alpha value is -1.70. The molecule has 0 amide bonds. The van der Waals surface area contributed by atoms with Gasteiger partial charge in [0.05, 0.1) is 0 Å². The van der Waals surface area contributed by atoms with Gasteiger partial charge >= 0.3 is 0 Å². The van der Waals surface area contributed by atoms with Gasteiger partial charge in [0.25, 0.3) is 0 Å². The molecule has 3 rings (SSSR count). The van der Waals surface area contributed by atoms with Gasteiger partial charge in [-0.05, 0) is 17.5 Å². The predicted molar refractivity (Wildman–Crippen MR) is 84.0 cm³/mol. The molecule has 0 fully saturated rings. The first kappa shape index (κ1) is 12.3. The van der Waals surface area contributed by atoms with E-state index in [1.54, 1.807) is 0 Å². The molecule has 2 aromatic rings. The molecule has 2 aromatic carbocycles. The first-order valence-electron chi connectivity index (χ1n) is 6.88. The monoisotopic (exact) mass is 254 g/mol. The van der Waals surface area contributed by atoms with Gasteiger partial charge in [-0.2, -0.15) is 0 Å². The highest BCUT2D eigenvalue weighted by Gasteiger charge is 2.36. The van der Waals surface area contributed by atoms with Crippen molar-refractivity contribution in [1.82, 2.24) is 0 Å². The number of benzene rings is 2. The lowest BCUT2D eigenvalue weighted by Gasteiger charge is -2.49. The maximum Gasteiger partial charge on any atom is 0.106 e. The zero-order valence-electron chi connectivity index (χ0n) is 12.4. The van der Waals surface area contributed by atoms with E-state index in [-0.39, 0.29) is 5.41 Å². The second kappa shape index (κ2) is 3.89. The lowest BCUT2D eigenvalue weighted by molar-refractivity contribution is 0.306. The minimum absolute atomic E-state index is 0.194. The van der Waals surface area contributed by atoms with Crippen molar-refractivity contribution in [2.24, 2.45) is 5.41 Å². The molecule has 2 heteroatoms. The predicted octanol–water partition coefficient (Wildman–Crippen LogP) is 4.10. The molecule has 2 nitrogen and oxygen atoms in total. The molecular weight excluding hydrogens is 232 g/mol. The van der Waals surface area contributed by atoms with Gasteiger partial charge in [0.2, 0.25) is 0 Å². The van der Waals surface area contributed by atoms with Crippen molar-refractivity contribution in [2.45, 2.75) is 26.9 Å². The number of hydrogen-bond acceptors (Lipinski definition) is 2. The van der Waals surface area contributed by atoms with Crippen LogP contribution in [0.2, 0.25) is 0 Å². The molecule has 1 heterocycles. The second-order valence-electron chi connectivity index (χ2n) is 6.61. The van der Waals surface area contributed by atoms with E-state index in [0.717, 1.165) is 0 Å². The Kier molecular flexibility index (Phi) is 2.53. The normalized spacial score (nSPS) is 16.3. The lowest BCUT2D eigenvalue weighted by atomic mass is 9.87. The summed E-state index contributed by atoms with van der Waals surface area (Å²) < 4.78 is 0. The largest absolute Gasteiger partial charge is 0.353 e. The number of hydrogen-bond donors (Lipinski definition) is 0. The van der Waals surface area contributed by atoms with Gasteiger partial charge in [-0.3, -0.25) is 0 Å². The van der Waals surface area contributed by atoms with E-state index >= 15 is 0 Å². The third-order valence-corrected chi connectivity index (χ3v) is 4.13. The summed E-state index contributed by atoms with van der Waals surface area (Å²) in [7, 11) is 4.41. The average Bonchev–Trinajstić information content (AvgIpc) is 2.34. The number of nitrogens with zero attached hydrogens (tertiary/aromatic N) is 2. The van der Waals surface area contributed by atoms with E-state index in [1.807, 2.05) is 0 Å². The Labute approximate surface area is 115 Å². The SMILES string of the molecule is CN1c2cccc3cccc(c23)N(C)C1C(C)(C)C. The van der Waals surface area contributed by atoms with Crippen molar-refractivity contribution < 1.29 is 0 Å². The molecule has 0 N–H and O–H groups in total. The third-order valence-electron chi connectivity index (χ3n) is 4.13. The lowest BCUT2D eigenvalue weighted by Crippen LogP contribution is -2.54. The Balaban J connectivity index is 2.31. The molecule has 100 valence electrons. The van der Waals surface area contributed by atoms with E-state index in [0.29, 0.717) is 6.17 Å². The molecule has 1 aliphatic rings. The quantitative estimate of drug-likeness (QED) is 0.698. The van der Waals surface area contributed by atoms with E-state index in [9.17, 15) is 0 Å². The van der Waals surface area contributed by atoms with Crippen LogP contribution in [0, 0.1) is 5.41 Å². The van der Waals surface area contributed by atoms with Gasteiger partial charge in [-0.15, -0.1) is 0 Å². The van der Waals surface area contributed by atoms with Crippen LogP contribution in [0.3, 0.4) is 0 Å². The highest BCUT2D eigenvalue weighted by molar-refractivity contribution is 6.05. The van der Waals surface area contributed by atoms with Crippen molar-refractivity contribution in [2.75, 3.05) is 23.9 Å². The van der Waals surface area contributed by atoms with Crippen molar-refractivity contribution in [3.63, 3.8) is 0 Å². The van der Waals surface area contributed by atoms with Crippen molar-refractivity contribution in [3.8, 4) is 0 Å². The minimum Gasteiger partial charge on any atom is -0.353 e. The molecule has 19 heavy (non-hydrogen) atoms. The van der Waals surface area contributed by atoms with Gasteiger partial charge in [0.15, 0.2) is 0 Å². The van der Waals surface area contributed by atoms with Crippen LogP contribution in [-0.2, 0) is 0 Å². The molecule has 0 saturated heterocycles. The Morgan fingerprint density at radius 2 is 1.32 bits per heavy atom. The number of anilines is 2. The summed E-state index contributed by atoms with van der Waals surface area (Å²) in [6, 6.07) is 13.2. The minimum atomic E-state index is 0.194. The molecule has 0 spiro atoms. The van der Waals surface area contributed by atoms with Crippen molar-refractivity contribution in [1.29, 1.82) is 0 Å². The van der Waals surface area contributed by atoms with Crippen LogP contribution in [0.5, 0.6) is 0 Å². The van der Waals surface area contributed by atoms with Crippen LogP contribution in [0.4, 0.5) is 11.4 Å². The Morgan fingerprint density at radius 3 is 1.74 bits per heavy atom. The molecule has 0 aromatic heterocycles. The molecule has 0 aliphatic carbocycles. The van der Waals surface area contributed by atoms with E-state index in [1.165, 1.54) is 22.1 Å². The van der Waals surface area contributed by atoms with Crippen molar-refractivity contribution in [3.05, 3.63) is 36.4 Å². The van der Waals surface area contributed by atoms with E-state index < -0.39 is 0 Å². The molecular formula is C17H22N2. The molecule has 0 saturated carbocycles. The Morgan fingerprint density at radius 1 is 0.842 bits per heavy atom. The van der Waals surface area contributed by atoms with Crippen molar-refractivity contribution >= 4 is 22.1 Å². The van der Waals surface area contributed by atoms with Gasteiger partial charge in [-0.25, -0.2) is 0 Å². The first-order chi connectivity index (χ1) is 8.91. The van der Waals surface area contributed by atoms with Gasteiger partial charge in [0, 0.05) is 36.3 Å². The first-order valence-corrected chi connectivity index (χ1v) is 6.88. The zero-order chi connectivity index (χ0) is 13.8. The highest BCUT2D eigenvalue weighted by atomic mass is 15.4. The fourth-order valence-electron chi connectivity index (χ4n) is 3.57. The summed E-state index contributed by atoms with van der Waals surface area (Å²) in [5.74, 6) is 0. The molecule has 0 atom stereocenters. The van der Waals surface area contributed by atoms with Gasteiger partial charge < -0.3 is 9.80 Å². The van der Waals surface area contributed by atoms with Crippen LogP contribution in [0.25, 0.3) is 10.8 Å². The summed E-state index contributed by atoms with van der Waals surface area (Å²) in [6.07, 6.45) is 0.369. The molecule has 0 radical (unpaired) electrons. The van der Waals surface area contributed by atoms with Gasteiger partial charge in [0.1, 0.15) is 6.17 Å². The maximum atomic E-state index is 2.41. The fraction of sp³-hybridized carbons (Fsp3) is 0.412. The topological polar surface area (TPSA) is 6.48 Å². The fourth-order valence-corrected chi connectivity index (χ4v) is 3.57. The van der Waals surface area contributed by atoms with E-state index in [4.69, 9.17) is 0 Å². The summed E-state index contributed by atoms with van der Waals surface area (Å²) in [4.78, 5) is 4.82. The summed E-state index contributed by atoms with van der Waals surface area (Å²) in [6.45, 7) is 6.91. The summed E-state index contributed by atoms with van der Waals surface area (Å²) >= 11 is 0. The second-order valence-corrected chi connectivity index (χ2v) is 6.61. The molecule has 0 bridgehead atoms. The maximum absolute atomic E-state index is 2.41. The molecule has 1 aliphatic heterocycles. The standard InChI is InChI=1S/C17H22N2/c1-17(2,3)16-18(4)13-10-6-8-12-9-7-11-14(15(12)13)19(16)5/h6-11,16H,1-5H3. The number of rotatable bonds is 0. The smallest absolute Gasteiger partial charge is 0.106 e. The summed E-state index contributed by atoms with van der Waals surface area (Å²) in [5, 5.41) is 2.69. The zero-order valence-corrected chi connectivity index (χ0v) is 12.4. The average molecular weight is 254 g/mol. The van der Waals surface area contributed by atoms with Crippen LogP contribution in [-0.4, -0.2) is 20.3 Å². The summed E-state index contributed by atoms with van der Waals surface area (Å²) in [5.41, 5.74) is 2.87.